The zero-order chi connectivity index (χ0) is 16.8. The van der Waals surface area contributed by atoms with Crippen molar-refractivity contribution >= 4 is 17.3 Å². The number of rotatable bonds is 6. The van der Waals surface area contributed by atoms with Crippen molar-refractivity contribution in [2.45, 2.75) is 19.8 Å². The van der Waals surface area contributed by atoms with Gasteiger partial charge in [0, 0.05) is 0 Å². The highest BCUT2D eigenvalue weighted by atomic mass is 16.6. The van der Waals surface area contributed by atoms with Crippen LogP contribution in [0.2, 0.25) is 0 Å². The van der Waals surface area contributed by atoms with Crippen LogP contribution in [-0.4, -0.2) is 17.9 Å². The molecule has 2 aromatic carbocycles. The van der Waals surface area contributed by atoms with Gasteiger partial charge in [0.1, 0.15) is 11.4 Å². The van der Waals surface area contributed by atoms with Gasteiger partial charge in [-0.05, 0) is 29.7 Å². The molecule has 1 N–H and O–H groups in total. The van der Waals surface area contributed by atoms with E-state index in [-0.39, 0.29) is 23.7 Å². The molecule has 1 amide bonds. The van der Waals surface area contributed by atoms with Crippen LogP contribution in [0, 0.1) is 10.1 Å². The van der Waals surface area contributed by atoms with Gasteiger partial charge in [0.25, 0.3) is 5.69 Å². The minimum Gasteiger partial charge on any atom is -0.496 e. The number of nitrogens with zero attached hydrogens (tertiary/aromatic N) is 1. The lowest BCUT2D eigenvalue weighted by Gasteiger charge is -2.08. The summed E-state index contributed by atoms with van der Waals surface area (Å²) in [5, 5.41) is 13.7. The minimum atomic E-state index is -0.547. The highest BCUT2D eigenvalue weighted by Crippen LogP contribution is 2.29. The van der Waals surface area contributed by atoms with Crippen LogP contribution in [0.25, 0.3) is 0 Å². The Morgan fingerprint density at radius 2 is 1.83 bits per heavy atom. The summed E-state index contributed by atoms with van der Waals surface area (Å²) in [6.07, 6.45) is 1.09. The first-order chi connectivity index (χ1) is 11.0. The van der Waals surface area contributed by atoms with Crippen LogP contribution in [0.3, 0.4) is 0 Å². The summed E-state index contributed by atoms with van der Waals surface area (Å²) in [5.41, 5.74) is 2.01. The number of ether oxygens (including phenoxy) is 1. The molecular weight excluding hydrogens is 296 g/mol. The van der Waals surface area contributed by atoms with Gasteiger partial charge >= 0.3 is 0 Å². The van der Waals surface area contributed by atoms with Gasteiger partial charge in [-0.1, -0.05) is 31.2 Å². The van der Waals surface area contributed by atoms with Crippen LogP contribution < -0.4 is 10.1 Å². The van der Waals surface area contributed by atoms with Crippen molar-refractivity contribution < 1.29 is 14.5 Å². The SMILES string of the molecule is CCc1ccc(CC(=O)Nc2ccc(OC)cc2[N+](=O)[O-])cc1. The molecule has 0 atom stereocenters. The number of carbonyl (C=O) groups is 1. The third-order valence-corrected chi connectivity index (χ3v) is 3.47. The first kappa shape index (κ1) is 16.5. The van der Waals surface area contributed by atoms with Crippen molar-refractivity contribution in [1.82, 2.24) is 0 Å². The monoisotopic (exact) mass is 314 g/mol. The summed E-state index contributed by atoms with van der Waals surface area (Å²) in [7, 11) is 1.43. The van der Waals surface area contributed by atoms with Crippen LogP contribution in [-0.2, 0) is 17.6 Å². The second-order valence-electron chi connectivity index (χ2n) is 5.04. The molecule has 0 radical (unpaired) electrons. The summed E-state index contributed by atoms with van der Waals surface area (Å²) >= 11 is 0. The van der Waals surface area contributed by atoms with Gasteiger partial charge in [-0.2, -0.15) is 0 Å². The number of nitrogens with one attached hydrogen (secondary N) is 1. The molecule has 0 spiro atoms. The molecule has 2 aromatic rings. The fourth-order valence-electron chi connectivity index (χ4n) is 2.17. The van der Waals surface area contributed by atoms with E-state index in [1.165, 1.54) is 24.8 Å². The zero-order valence-corrected chi connectivity index (χ0v) is 13.0. The number of hydrogen-bond donors (Lipinski definition) is 1. The average Bonchev–Trinajstić information content (AvgIpc) is 2.55. The lowest BCUT2D eigenvalue weighted by molar-refractivity contribution is -0.384. The van der Waals surface area contributed by atoms with Gasteiger partial charge in [0.05, 0.1) is 24.5 Å². The standard InChI is InChI=1S/C17H18N2O4/c1-3-12-4-6-13(7-5-12)10-17(20)18-15-9-8-14(23-2)11-16(15)19(21)22/h4-9,11H,3,10H2,1-2H3,(H,18,20). The third kappa shape index (κ3) is 4.29. The van der Waals surface area contributed by atoms with E-state index in [0.717, 1.165) is 12.0 Å². The maximum Gasteiger partial charge on any atom is 0.296 e. The highest BCUT2D eigenvalue weighted by Gasteiger charge is 2.17. The number of nitro groups is 1. The Kier molecular flexibility index (Phi) is 5.30. The van der Waals surface area contributed by atoms with Crippen LogP contribution in [0.4, 0.5) is 11.4 Å². The second-order valence-corrected chi connectivity index (χ2v) is 5.04. The van der Waals surface area contributed by atoms with Gasteiger partial charge in [-0.3, -0.25) is 14.9 Å². The Bertz CT molecular complexity index is 711. The summed E-state index contributed by atoms with van der Waals surface area (Å²) < 4.78 is 4.97. The largest absolute Gasteiger partial charge is 0.496 e. The number of aryl methyl sites for hydroxylation is 1. The van der Waals surface area contributed by atoms with Crippen molar-refractivity contribution in [3.05, 3.63) is 63.7 Å². The molecule has 120 valence electrons. The Balaban J connectivity index is 2.11. The quantitative estimate of drug-likeness (QED) is 0.655. The van der Waals surface area contributed by atoms with Gasteiger partial charge in [-0.15, -0.1) is 0 Å². The Morgan fingerprint density at radius 3 is 2.39 bits per heavy atom. The average molecular weight is 314 g/mol. The number of hydrogen-bond acceptors (Lipinski definition) is 4. The van der Waals surface area contributed by atoms with E-state index in [1.54, 1.807) is 6.07 Å². The lowest BCUT2D eigenvalue weighted by atomic mass is 10.1. The van der Waals surface area contributed by atoms with Crippen LogP contribution in [0.15, 0.2) is 42.5 Å². The summed E-state index contributed by atoms with van der Waals surface area (Å²) in [6, 6.07) is 12.0. The van der Waals surface area contributed by atoms with E-state index in [2.05, 4.69) is 12.2 Å². The summed E-state index contributed by atoms with van der Waals surface area (Å²) in [4.78, 5) is 22.7. The van der Waals surface area contributed by atoms with Crippen molar-refractivity contribution in [3.63, 3.8) is 0 Å². The van der Waals surface area contributed by atoms with Crippen molar-refractivity contribution in [2.24, 2.45) is 0 Å². The normalized spacial score (nSPS) is 10.2. The van der Waals surface area contributed by atoms with E-state index < -0.39 is 4.92 Å². The number of benzene rings is 2. The van der Waals surface area contributed by atoms with E-state index in [0.29, 0.717) is 5.75 Å². The number of anilines is 1. The Hall–Kier alpha value is -2.89. The molecule has 2 rings (SSSR count). The molecule has 0 bridgehead atoms. The molecular formula is C17H18N2O4. The van der Waals surface area contributed by atoms with Gasteiger partial charge in [0.15, 0.2) is 0 Å². The third-order valence-electron chi connectivity index (χ3n) is 3.47. The van der Waals surface area contributed by atoms with Crippen LogP contribution >= 0.6 is 0 Å². The van der Waals surface area contributed by atoms with Crippen molar-refractivity contribution in [2.75, 3.05) is 12.4 Å². The van der Waals surface area contributed by atoms with Crippen molar-refractivity contribution in [3.8, 4) is 5.75 Å². The number of carbonyl (C=O) groups excluding carboxylic acids is 1. The summed E-state index contributed by atoms with van der Waals surface area (Å²) in [6.45, 7) is 2.06. The number of amides is 1. The topological polar surface area (TPSA) is 81.5 Å². The molecule has 0 unspecified atom stereocenters. The smallest absolute Gasteiger partial charge is 0.296 e. The maximum atomic E-state index is 12.1. The molecule has 0 aliphatic carbocycles. The van der Waals surface area contributed by atoms with Gasteiger partial charge in [0.2, 0.25) is 5.91 Å². The second kappa shape index (κ2) is 7.40. The zero-order valence-electron chi connectivity index (χ0n) is 13.0. The summed E-state index contributed by atoms with van der Waals surface area (Å²) in [5.74, 6) is 0.0624. The molecule has 0 heterocycles. The first-order valence-corrected chi connectivity index (χ1v) is 7.23. The molecule has 6 heteroatoms. The molecule has 0 aliphatic rings. The molecule has 0 aromatic heterocycles. The van der Waals surface area contributed by atoms with E-state index in [1.807, 2.05) is 24.3 Å². The van der Waals surface area contributed by atoms with E-state index in [4.69, 9.17) is 4.74 Å². The fraction of sp³-hybridized carbons (Fsp3) is 0.235. The van der Waals surface area contributed by atoms with E-state index >= 15 is 0 Å². The van der Waals surface area contributed by atoms with Crippen molar-refractivity contribution in [1.29, 1.82) is 0 Å². The molecule has 0 saturated heterocycles. The predicted molar refractivity (Wildman–Crippen MR) is 87.8 cm³/mol. The molecule has 0 saturated carbocycles. The number of nitro benzene ring substituents is 1. The fourth-order valence-corrected chi connectivity index (χ4v) is 2.17. The Labute approximate surface area is 134 Å². The molecule has 0 fully saturated rings. The van der Waals surface area contributed by atoms with E-state index in [9.17, 15) is 14.9 Å². The minimum absolute atomic E-state index is 0.158. The molecule has 23 heavy (non-hydrogen) atoms. The lowest BCUT2D eigenvalue weighted by Crippen LogP contribution is -2.15. The van der Waals surface area contributed by atoms with Gasteiger partial charge < -0.3 is 10.1 Å². The highest BCUT2D eigenvalue weighted by molar-refractivity contribution is 5.94. The van der Waals surface area contributed by atoms with Crippen LogP contribution in [0.5, 0.6) is 5.75 Å². The van der Waals surface area contributed by atoms with Crippen LogP contribution in [0.1, 0.15) is 18.1 Å². The Morgan fingerprint density at radius 1 is 1.17 bits per heavy atom. The number of methoxy groups -OCH3 is 1. The first-order valence-electron chi connectivity index (χ1n) is 7.23. The molecule has 6 nitrogen and oxygen atoms in total. The molecule has 0 aliphatic heterocycles. The predicted octanol–water partition coefficient (Wildman–Crippen LogP) is 3.35. The van der Waals surface area contributed by atoms with Gasteiger partial charge in [-0.25, -0.2) is 0 Å². The maximum absolute atomic E-state index is 12.1.